The Balaban J connectivity index is 1.72. The van der Waals surface area contributed by atoms with Crippen molar-refractivity contribution in [2.75, 3.05) is 6.61 Å². The number of primary amides is 1. The average molecular weight is 381 g/mol. The minimum Gasteiger partial charge on any atom is -0.599 e. The number of ether oxygens (including phenoxy) is 1. The molecular weight excluding hydrogens is 360 g/mol. The molecule has 1 aliphatic carbocycles. The van der Waals surface area contributed by atoms with Crippen molar-refractivity contribution in [2.45, 2.75) is 31.2 Å². The van der Waals surface area contributed by atoms with Crippen molar-refractivity contribution in [1.29, 1.82) is 0 Å². The molecule has 0 saturated carbocycles. The molecule has 2 aromatic carbocycles. The van der Waals surface area contributed by atoms with Gasteiger partial charge >= 0.3 is 5.97 Å². The molecule has 0 saturated heterocycles. The first kappa shape index (κ1) is 19.4. The maximum absolute atomic E-state index is 12.2. The van der Waals surface area contributed by atoms with Gasteiger partial charge in [0.2, 0.25) is 5.91 Å². The van der Waals surface area contributed by atoms with Crippen LogP contribution in [0.4, 0.5) is 0 Å². The lowest BCUT2D eigenvalue weighted by Gasteiger charge is -2.22. The Labute approximate surface area is 162 Å². The number of aliphatic imine (C=N–C) groups is 1. The fourth-order valence-electron chi connectivity index (χ4n) is 3.50. The van der Waals surface area contributed by atoms with Crippen LogP contribution in [0.3, 0.4) is 0 Å². The molecule has 0 bridgehead atoms. The van der Waals surface area contributed by atoms with Crippen molar-refractivity contribution >= 4 is 18.0 Å². The summed E-state index contributed by atoms with van der Waals surface area (Å²) in [6.07, 6.45) is -1.15. The van der Waals surface area contributed by atoms with Gasteiger partial charge in [-0.15, -0.1) is 0 Å². The zero-order valence-corrected chi connectivity index (χ0v) is 15.2. The summed E-state index contributed by atoms with van der Waals surface area (Å²) in [6.45, 7) is 0.103. The Kier molecular flexibility index (Phi) is 5.93. The van der Waals surface area contributed by atoms with Crippen molar-refractivity contribution in [2.24, 2.45) is 10.7 Å². The smallest absolute Gasteiger partial charge is 0.305 e. The van der Waals surface area contributed by atoms with Gasteiger partial charge < -0.3 is 20.7 Å². The van der Waals surface area contributed by atoms with Crippen LogP contribution in [-0.2, 0) is 14.3 Å². The van der Waals surface area contributed by atoms with Gasteiger partial charge in [-0.3, -0.25) is 14.6 Å². The number of benzene rings is 2. The Bertz CT molecular complexity index is 864. The number of carbonyl (C=O) groups is 2. The Hall–Kier alpha value is -3.35. The van der Waals surface area contributed by atoms with Crippen LogP contribution in [0.2, 0.25) is 0 Å². The maximum atomic E-state index is 12.2. The second kappa shape index (κ2) is 8.56. The van der Waals surface area contributed by atoms with E-state index in [1.54, 1.807) is 0 Å². The average Bonchev–Trinajstić information content (AvgIpc) is 2.98. The van der Waals surface area contributed by atoms with Gasteiger partial charge in [-0.05, 0) is 28.7 Å². The lowest BCUT2D eigenvalue weighted by Crippen LogP contribution is -2.27. The van der Waals surface area contributed by atoms with Crippen LogP contribution in [-0.4, -0.2) is 35.7 Å². The van der Waals surface area contributed by atoms with E-state index in [2.05, 4.69) is 4.99 Å². The topological polar surface area (TPSA) is 125 Å². The molecule has 0 aromatic heterocycles. The third-order valence-electron chi connectivity index (χ3n) is 4.76. The third-order valence-corrected chi connectivity index (χ3v) is 4.76. The summed E-state index contributed by atoms with van der Waals surface area (Å²) in [4.78, 5) is 25.7. The number of carboxylic acid groups (broad SMARTS) is 1. The van der Waals surface area contributed by atoms with Gasteiger partial charge in [0.05, 0.1) is 12.5 Å². The molecule has 7 heteroatoms. The summed E-state index contributed by atoms with van der Waals surface area (Å²) < 4.78 is 5.34. The van der Waals surface area contributed by atoms with E-state index in [1.807, 2.05) is 48.5 Å². The van der Waals surface area contributed by atoms with Crippen molar-refractivity contribution in [3.63, 3.8) is 0 Å². The number of amides is 1. The van der Waals surface area contributed by atoms with E-state index in [4.69, 9.17) is 15.6 Å². The number of hydrogen-bond acceptors (Lipinski definition) is 5. The standard InChI is InChI=1S/C21H22N2O5/c22-19(24)10-9-13(11-20(25)26)23-21(27)28-12-18-16-7-3-1-5-14(16)15-6-2-4-8-17(15)18/h1-8,13,18H,9-12H2,(H2,22,24)(H,23,27)(H,25,26)/p-1/t13-/m1/s1. The van der Waals surface area contributed by atoms with E-state index >= 15 is 0 Å². The molecule has 0 spiro atoms. The van der Waals surface area contributed by atoms with Crippen molar-refractivity contribution < 1.29 is 24.5 Å². The number of nitrogens with two attached hydrogens (primary N) is 1. The van der Waals surface area contributed by atoms with E-state index in [1.165, 1.54) is 0 Å². The van der Waals surface area contributed by atoms with Gasteiger partial charge in [-0.1, -0.05) is 48.5 Å². The zero-order chi connectivity index (χ0) is 20.1. The molecule has 0 fully saturated rings. The van der Waals surface area contributed by atoms with Gasteiger partial charge in [0.15, 0.2) is 0 Å². The summed E-state index contributed by atoms with van der Waals surface area (Å²) in [5, 5.41) is 21.1. The van der Waals surface area contributed by atoms with E-state index < -0.39 is 24.0 Å². The third kappa shape index (κ3) is 4.49. The molecule has 1 aliphatic rings. The second-order valence-electron chi connectivity index (χ2n) is 6.69. The number of fused-ring (bicyclic) bond motifs is 3. The van der Waals surface area contributed by atoms with Crippen LogP contribution in [0, 0.1) is 0 Å². The highest BCUT2D eigenvalue weighted by atomic mass is 16.6. The number of rotatable bonds is 8. The predicted octanol–water partition coefficient (Wildman–Crippen LogP) is 1.64. The quantitative estimate of drug-likeness (QED) is 0.531. The first-order chi connectivity index (χ1) is 13.5. The number of carbonyl (C=O) groups excluding carboxylic acids is 1. The van der Waals surface area contributed by atoms with E-state index in [-0.39, 0.29) is 31.8 Å². The van der Waals surface area contributed by atoms with Crippen LogP contribution in [0.15, 0.2) is 53.5 Å². The highest BCUT2D eigenvalue weighted by Crippen LogP contribution is 2.44. The highest BCUT2D eigenvalue weighted by Gasteiger charge is 2.26. The Morgan fingerprint density at radius 3 is 2.21 bits per heavy atom. The molecule has 1 amide bonds. The van der Waals surface area contributed by atoms with Crippen LogP contribution >= 0.6 is 0 Å². The highest BCUT2D eigenvalue weighted by molar-refractivity contribution is 5.79. The molecule has 0 heterocycles. The molecule has 0 unspecified atom stereocenters. The summed E-state index contributed by atoms with van der Waals surface area (Å²) in [5.74, 6) is -1.78. The maximum Gasteiger partial charge on any atom is 0.305 e. The molecule has 2 aromatic rings. The lowest BCUT2D eigenvalue weighted by atomic mass is 9.98. The molecule has 0 aliphatic heterocycles. The number of carboxylic acids is 1. The molecular formula is C21H21N2O5-. The summed E-state index contributed by atoms with van der Waals surface area (Å²) in [6, 6.07) is 15.0. The number of nitrogens with zero attached hydrogens (tertiary/aromatic N) is 1. The second-order valence-corrected chi connectivity index (χ2v) is 6.69. The first-order valence-electron chi connectivity index (χ1n) is 9.01. The fourth-order valence-corrected chi connectivity index (χ4v) is 3.50. The molecule has 3 rings (SSSR count). The molecule has 28 heavy (non-hydrogen) atoms. The SMILES string of the molecule is NC(=O)CC[C@H](CC(=O)O)N=C([O-])OCC1c2ccccc2-c2ccccc21. The lowest BCUT2D eigenvalue weighted by molar-refractivity contribution is -0.251. The Morgan fingerprint density at radius 1 is 1.11 bits per heavy atom. The van der Waals surface area contributed by atoms with E-state index in [9.17, 15) is 14.7 Å². The number of hydrogen-bond donors (Lipinski definition) is 2. The van der Waals surface area contributed by atoms with Crippen molar-refractivity contribution in [1.82, 2.24) is 0 Å². The van der Waals surface area contributed by atoms with E-state index in [0.717, 1.165) is 22.3 Å². The normalized spacial score (nSPS) is 14.2. The molecule has 0 radical (unpaired) electrons. The molecule has 146 valence electrons. The molecule has 1 atom stereocenters. The minimum absolute atomic E-state index is 0.0435. The molecule has 7 nitrogen and oxygen atoms in total. The van der Waals surface area contributed by atoms with Crippen molar-refractivity contribution in [3.8, 4) is 11.1 Å². The summed E-state index contributed by atoms with van der Waals surface area (Å²) in [5.41, 5.74) is 9.47. The summed E-state index contributed by atoms with van der Waals surface area (Å²) >= 11 is 0. The van der Waals surface area contributed by atoms with Crippen LogP contribution in [0.5, 0.6) is 0 Å². The Morgan fingerprint density at radius 2 is 1.68 bits per heavy atom. The fraction of sp³-hybridized carbons (Fsp3) is 0.286. The van der Waals surface area contributed by atoms with Crippen LogP contribution in [0.1, 0.15) is 36.3 Å². The van der Waals surface area contributed by atoms with Gasteiger partial charge in [0.1, 0.15) is 6.08 Å². The van der Waals surface area contributed by atoms with Gasteiger partial charge in [0.25, 0.3) is 0 Å². The van der Waals surface area contributed by atoms with Gasteiger partial charge in [0, 0.05) is 18.9 Å². The van der Waals surface area contributed by atoms with Gasteiger partial charge in [-0.2, -0.15) is 0 Å². The molecule has 3 N–H and O–H groups in total. The summed E-state index contributed by atoms with van der Waals surface area (Å²) in [7, 11) is 0. The van der Waals surface area contributed by atoms with Crippen LogP contribution < -0.4 is 10.8 Å². The van der Waals surface area contributed by atoms with Crippen LogP contribution in [0.25, 0.3) is 11.1 Å². The zero-order valence-electron chi connectivity index (χ0n) is 15.2. The predicted molar refractivity (Wildman–Crippen MR) is 102 cm³/mol. The first-order valence-corrected chi connectivity index (χ1v) is 9.01. The minimum atomic E-state index is -1.11. The largest absolute Gasteiger partial charge is 0.599 e. The van der Waals surface area contributed by atoms with Gasteiger partial charge in [-0.25, -0.2) is 0 Å². The number of aliphatic carboxylic acids is 1. The van der Waals surface area contributed by atoms with Crippen molar-refractivity contribution in [3.05, 3.63) is 59.7 Å². The van der Waals surface area contributed by atoms with E-state index in [0.29, 0.717) is 0 Å². The monoisotopic (exact) mass is 381 g/mol.